The minimum atomic E-state index is 0.465. The Morgan fingerprint density at radius 1 is 1.24 bits per heavy atom. The number of hydrogen-bond acceptors (Lipinski definition) is 4. The summed E-state index contributed by atoms with van der Waals surface area (Å²) in [6, 6.07) is 0.601. The lowest BCUT2D eigenvalue weighted by Gasteiger charge is -2.28. The Labute approximate surface area is 103 Å². The van der Waals surface area contributed by atoms with Crippen LogP contribution in [0.5, 0.6) is 0 Å². The van der Waals surface area contributed by atoms with Gasteiger partial charge in [-0.1, -0.05) is 0 Å². The molecule has 1 aliphatic rings. The second-order valence-electron chi connectivity index (χ2n) is 4.74. The molecule has 0 spiro atoms. The molecule has 94 valence electrons. The summed E-state index contributed by atoms with van der Waals surface area (Å²) in [4.78, 5) is 8.59. The Balaban J connectivity index is 1.74. The molecule has 0 aliphatic heterocycles. The van der Waals surface area contributed by atoms with Crippen LogP contribution in [0.25, 0.3) is 0 Å². The monoisotopic (exact) mass is 235 g/mol. The molecule has 0 bridgehead atoms. The molecular formula is C13H21N3O. The summed E-state index contributed by atoms with van der Waals surface area (Å²) in [5.41, 5.74) is 1.99. The number of nitrogens with one attached hydrogen (secondary N) is 1. The Morgan fingerprint density at radius 3 is 2.59 bits per heavy atom. The lowest BCUT2D eigenvalue weighted by molar-refractivity contribution is 0.0623. The smallest absolute Gasteiger partial charge is 0.0724 e. The first-order chi connectivity index (χ1) is 8.28. The van der Waals surface area contributed by atoms with Gasteiger partial charge < -0.3 is 10.1 Å². The topological polar surface area (TPSA) is 47.0 Å². The van der Waals surface area contributed by atoms with E-state index in [-0.39, 0.29) is 0 Å². The first-order valence-electron chi connectivity index (χ1n) is 6.31. The standard InChI is InChI=1S/C13H21N3O/c1-10-7-15-12(8-14-10)9-16-11-3-5-13(17-2)6-4-11/h7-8,11,13,16H,3-6,9H2,1-2H3. The summed E-state index contributed by atoms with van der Waals surface area (Å²) >= 11 is 0. The van der Waals surface area contributed by atoms with Gasteiger partial charge in [-0.15, -0.1) is 0 Å². The van der Waals surface area contributed by atoms with Crippen molar-refractivity contribution in [2.45, 2.75) is 51.3 Å². The molecule has 0 saturated heterocycles. The molecule has 1 aromatic rings. The van der Waals surface area contributed by atoms with Gasteiger partial charge in [0.1, 0.15) is 0 Å². The third-order valence-corrected chi connectivity index (χ3v) is 3.41. The molecule has 0 unspecified atom stereocenters. The van der Waals surface area contributed by atoms with E-state index < -0.39 is 0 Å². The number of aromatic nitrogens is 2. The fraction of sp³-hybridized carbons (Fsp3) is 0.692. The van der Waals surface area contributed by atoms with Crippen molar-refractivity contribution < 1.29 is 4.74 Å². The largest absolute Gasteiger partial charge is 0.381 e. The summed E-state index contributed by atoms with van der Waals surface area (Å²) in [6.45, 7) is 2.77. The highest BCUT2D eigenvalue weighted by molar-refractivity contribution is 5.00. The van der Waals surface area contributed by atoms with Crippen LogP contribution in [-0.2, 0) is 11.3 Å². The van der Waals surface area contributed by atoms with Crippen LogP contribution in [0.4, 0.5) is 0 Å². The van der Waals surface area contributed by atoms with Gasteiger partial charge in [-0.3, -0.25) is 9.97 Å². The quantitative estimate of drug-likeness (QED) is 0.865. The summed E-state index contributed by atoms with van der Waals surface area (Å²) in [5.74, 6) is 0. The van der Waals surface area contributed by atoms with Crippen LogP contribution in [0.15, 0.2) is 12.4 Å². The summed E-state index contributed by atoms with van der Waals surface area (Å²) in [5, 5.41) is 3.54. The van der Waals surface area contributed by atoms with Crippen LogP contribution < -0.4 is 5.32 Å². The minimum absolute atomic E-state index is 0.465. The molecule has 0 amide bonds. The number of ether oxygens (including phenoxy) is 1. The van der Waals surface area contributed by atoms with Gasteiger partial charge in [-0.2, -0.15) is 0 Å². The number of methoxy groups -OCH3 is 1. The van der Waals surface area contributed by atoms with Gasteiger partial charge >= 0.3 is 0 Å². The van der Waals surface area contributed by atoms with Crippen molar-refractivity contribution >= 4 is 0 Å². The molecule has 17 heavy (non-hydrogen) atoms. The molecule has 4 nitrogen and oxygen atoms in total. The van der Waals surface area contributed by atoms with Crippen LogP contribution in [0.3, 0.4) is 0 Å². The predicted octanol–water partition coefficient (Wildman–Crippen LogP) is 1.83. The van der Waals surface area contributed by atoms with Crippen molar-refractivity contribution in [3.63, 3.8) is 0 Å². The van der Waals surface area contributed by atoms with E-state index in [4.69, 9.17) is 4.74 Å². The van der Waals surface area contributed by atoms with Crippen LogP contribution in [0.1, 0.15) is 37.1 Å². The van der Waals surface area contributed by atoms with E-state index in [9.17, 15) is 0 Å². The zero-order valence-electron chi connectivity index (χ0n) is 10.6. The predicted molar refractivity (Wildman–Crippen MR) is 66.7 cm³/mol. The molecule has 1 saturated carbocycles. The van der Waals surface area contributed by atoms with Crippen molar-refractivity contribution in [2.75, 3.05) is 7.11 Å². The molecular weight excluding hydrogens is 214 g/mol. The fourth-order valence-corrected chi connectivity index (χ4v) is 2.26. The molecule has 2 rings (SSSR count). The fourth-order valence-electron chi connectivity index (χ4n) is 2.26. The van der Waals surface area contributed by atoms with E-state index in [0.717, 1.165) is 30.8 Å². The van der Waals surface area contributed by atoms with Crippen molar-refractivity contribution in [3.05, 3.63) is 23.8 Å². The normalized spacial score (nSPS) is 24.8. The van der Waals surface area contributed by atoms with Crippen LogP contribution >= 0.6 is 0 Å². The maximum Gasteiger partial charge on any atom is 0.0724 e. The van der Waals surface area contributed by atoms with Crippen molar-refractivity contribution in [2.24, 2.45) is 0 Å². The molecule has 1 aromatic heterocycles. The van der Waals surface area contributed by atoms with Gasteiger partial charge in [0.2, 0.25) is 0 Å². The van der Waals surface area contributed by atoms with Gasteiger partial charge in [-0.25, -0.2) is 0 Å². The van der Waals surface area contributed by atoms with E-state index in [2.05, 4.69) is 15.3 Å². The summed E-state index contributed by atoms with van der Waals surface area (Å²) in [7, 11) is 1.81. The molecule has 0 aromatic carbocycles. The van der Waals surface area contributed by atoms with E-state index in [1.54, 1.807) is 7.11 Å². The van der Waals surface area contributed by atoms with Crippen LogP contribution in [0, 0.1) is 6.92 Å². The van der Waals surface area contributed by atoms with Crippen molar-refractivity contribution in [3.8, 4) is 0 Å². The highest BCUT2D eigenvalue weighted by Crippen LogP contribution is 2.20. The van der Waals surface area contributed by atoms with E-state index in [0.29, 0.717) is 12.1 Å². The highest BCUT2D eigenvalue weighted by atomic mass is 16.5. The lowest BCUT2D eigenvalue weighted by atomic mass is 9.93. The van der Waals surface area contributed by atoms with Gasteiger partial charge in [-0.05, 0) is 32.6 Å². The van der Waals surface area contributed by atoms with E-state index in [1.807, 2.05) is 19.3 Å². The van der Waals surface area contributed by atoms with E-state index in [1.165, 1.54) is 12.8 Å². The van der Waals surface area contributed by atoms with Crippen molar-refractivity contribution in [1.82, 2.24) is 15.3 Å². The summed E-state index contributed by atoms with van der Waals surface area (Å²) in [6.07, 6.45) is 8.84. The van der Waals surface area contributed by atoms with Crippen LogP contribution in [-0.4, -0.2) is 29.2 Å². The van der Waals surface area contributed by atoms with Gasteiger partial charge in [0.05, 0.1) is 17.5 Å². The number of aryl methyl sites for hydroxylation is 1. The maximum absolute atomic E-state index is 5.37. The Hall–Kier alpha value is -1.00. The third kappa shape index (κ3) is 3.75. The van der Waals surface area contributed by atoms with Gasteiger partial charge in [0, 0.05) is 32.1 Å². The zero-order valence-corrected chi connectivity index (χ0v) is 10.6. The first kappa shape index (κ1) is 12.5. The number of hydrogen-bond donors (Lipinski definition) is 1. The summed E-state index contributed by atoms with van der Waals surface area (Å²) < 4.78 is 5.37. The number of rotatable bonds is 4. The Bertz CT molecular complexity index is 331. The van der Waals surface area contributed by atoms with Gasteiger partial charge in [0.25, 0.3) is 0 Å². The molecule has 1 heterocycles. The molecule has 1 N–H and O–H groups in total. The van der Waals surface area contributed by atoms with Gasteiger partial charge in [0.15, 0.2) is 0 Å². The molecule has 1 aliphatic carbocycles. The highest BCUT2D eigenvalue weighted by Gasteiger charge is 2.20. The average Bonchev–Trinajstić information content (AvgIpc) is 2.39. The zero-order chi connectivity index (χ0) is 12.1. The van der Waals surface area contributed by atoms with Crippen LogP contribution in [0.2, 0.25) is 0 Å². The molecule has 4 heteroatoms. The second-order valence-corrected chi connectivity index (χ2v) is 4.74. The Morgan fingerprint density at radius 2 is 2.00 bits per heavy atom. The van der Waals surface area contributed by atoms with Crippen molar-refractivity contribution in [1.29, 1.82) is 0 Å². The Kier molecular flexibility index (Phi) is 4.45. The second kappa shape index (κ2) is 6.07. The SMILES string of the molecule is COC1CCC(NCc2cnc(C)cn2)CC1. The first-order valence-corrected chi connectivity index (χ1v) is 6.31. The number of nitrogens with zero attached hydrogens (tertiary/aromatic N) is 2. The molecule has 0 radical (unpaired) electrons. The molecule has 1 fully saturated rings. The third-order valence-electron chi connectivity index (χ3n) is 3.41. The maximum atomic E-state index is 5.37. The lowest BCUT2D eigenvalue weighted by Crippen LogP contribution is -2.34. The van der Waals surface area contributed by atoms with E-state index >= 15 is 0 Å². The average molecular weight is 235 g/mol. The minimum Gasteiger partial charge on any atom is -0.381 e. The molecule has 0 atom stereocenters.